The summed E-state index contributed by atoms with van der Waals surface area (Å²) in [6.07, 6.45) is 5.35. The zero-order valence-electron chi connectivity index (χ0n) is 59.6. The number of rotatable bonds is 24. The Morgan fingerprint density at radius 1 is 0.505 bits per heavy atom. The van der Waals surface area contributed by atoms with Crippen molar-refractivity contribution >= 4 is 106 Å². The van der Waals surface area contributed by atoms with Crippen LogP contribution in [-0.2, 0) is 62.7 Å². The van der Waals surface area contributed by atoms with Gasteiger partial charge in [-0.3, -0.25) is 28.8 Å². The molecule has 4 N–H and O–H groups in total. The van der Waals surface area contributed by atoms with Crippen molar-refractivity contribution in [2.45, 2.75) is 156 Å². The standard InChI is InChI=1S/C26H32ClN3O4.C25H30ClN3O4.C17H23ClN2O3.C9H9NO/c1-18-14-19(2)16-22(15-18)28-25(33)30-13-11-26(30,3)24(32)29(12-5-6-23(31)34-4)17-20-7-9-21(27)10-8-20;1-17-13-18(2)15-21(14-17)27-24(33)29-12-10-25(29,3)23(32)28(11-4-5-22(30)31)16-19-6-8-20(26)9-7-19;1-17(9-10-19-17)16(22)20(11-3-4-15(21)23-2)12-13-5-7-14(18)8-6-13;1-7-3-8(2)5-9(4-7)10-6-11/h7-10,14-16H,5-6,11-13,17H2,1-4H3,(H,28,33);6-9,13-15H,4-5,10-12,16H2,1-3H3,(H,27,33)(H,30,31);5-8,19H,3-4,9-12H2,1-2H3;3-5H,1-2H3. The molecular weight excluding hydrogens is 1350 g/mol. The molecule has 0 radical (unpaired) electrons. The number of ether oxygens (including phenoxy) is 2. The number of carboxylic acid groups (broad SMARTS) is 1. The van der Waals surface area contributed by atoms with Crippen molar-refractivity contribution in [1.82, 2.24) is 29.8 Å². The highest BCUT2D eigenvalue weighted by Gasteiger charge is 2.52. The second kappa shape index (κ2) is 38.1. The van der Waals surface area contributed by atoms with Gasteiger partial charge in [-0.2, -0.15) is 4.99 Å². The Balaban J connectivity index is 0.000000224. The number of halogens is 3. The van der Waals surface area contributed by atoms with Crippen LogP contribution in [-0.4, -0.2) is 153 Å². The number of aryl methyl sites for hydroxylation is 6. The summed E-state index contributed by atoms with van der Waals surface area (Å²) in [5.41, 5.74) is 8.88. The second-order valence-corrected chi connectivity index (χ2v) is 27.7. The van der Waals surface area contributed by atoms with E-state index >= 15 is 0 Å². The number of urea groups is 2. The molecule has 0 spiro atoms. The number of isocyanates is 1. The molecule has 6 aromatic carbocycles. The Morgan fingerprint density at radius 2 is 0.822 bits per heavy atom. The highest BCUT2D eigenvalue weighted by atomic mass is 35.5. The van der Waals surface area contributed by atoms with E-state index in [1.165, 1.54) is 20.3 Å². The normalized spacial score (nSPS) is 16.9. The number of aliphatic imine (C=N–C) groups is 1. The summed E-state index contributed by atoms with van der Waals surface area (Å²) in [5, 5.41) is 20.0. The summed E-state index contributed by atoms with van der Waals surface area (Å²) >= 11 is 17.9. The molecule has 0 aliphatic carbocycles. The Morgan fingerprint density at radius 3 is 1.10 bits per heavy atom. The number of esters is 2. The lowest BCUT2D eigenvalue weighted by molar-refractivity contribution is -0.150. The van der Waals surface area contributed by atoms with Crippen LogP contribution in [0.15, 0.2) is 132 Å². The van der Waals surface area contributed by atoms with Crippen molar-refractivity contribution in [1.29, 1.82) is 0 Å². The first-order valence-electron chi connectivity index (χ1n) is 33.6. The third-order valence-electron chi connectivity index (χ3n) is 17.8. The molecule has 0 bridgehead atoms. The van der Waals surface area contributed by atoms with Crippen LogP contribution in [0.4, 0.5) is 26.7 Å². The number of amides is 7. The van der Waals surface area contributed by atoms with Crippen LogP contribution in [0.5, 0.6) is 0 Å². The first kappa shape index (κ1) is 80.9. The minimum absolute atomic E-state index is 0.0297. The van der Waals surface area contributed by atoms with Crippen LogP contribution in [0.2, 0.25) is 15.1 Å². The van der Waals surface area contributed by atoms with Crippen LogP contribution in [0.25, 0.3) is 0 Å². The number of carboxylic acids is 1. The zero-order valence-corrected chi connectivity index (χ0v) is 61.9. The van der Waals surface area contributed by atoms with Crippen molar-refractivity contribution in [2.24, 2.45) is 4.99 Å². The third-order valence-corrected chi connectivity index (χ3v) is 18.6. The van der Waals surface area contributed by atoms with Gasteiger partial charge in [-0.25, -0.2) is 14.4 Å². The molecular formula is C77H94Cl3N9O12. The van der Waals surface area contributed by atoms with Crippen LogP contribution < -0.4 is 16.0 Å². The van der Waals surface area contributed by atoms with Gasteiger partial charge in [0.05, 0.1) is 25.4 Å². The molecule has 3 atom stereocenters. The zero-order chi connectivity index (χ0) is 74.2. The summed E-state index contributed by atoms with van der Waals surface area (Å²) in [6.45, 7) is 21.5. The maximum atomic E-state index is 13.7. The largest absolute Gasteiger partial charge is 0.481 e. The van der Waals surface area contributed by atoms with E-state index in [0.29, 0.717) is 116 Å². The van der Waals surface area contributed by atoms with Gasteiger partial charge in [-0.1, -0.05) is 89.4 Å². The minimum Gasteiger partial charge on any atom is -0.481 e. The molecule has 24 heteroatoms. The van der Waals surface area contributed by atoms with Crippen molar-refractivity contribution in [2.75, 3.05) is 64.1 Å². The lowest BCUT2D eigenvalue weighted by Crippen LogP contribution is -2.68. The fraction of sp³-hybridized carbons (Fsp3) is 0.416. The van der Waals surface area contributed by atoms with Gasteiger partial charge in [-0.05, 0) is 230 Å². The quantitative estimate of drug-likeness (QED) is 0.0250. The van der Waals surface area contributed by atoms with Gasteiger partial charge in [0.25, 0.3) is 0 Å². The molecule has 21 nitrogen and oxygen atoms in total. The Hall–Kier alpha value is -9.11. The topological polar surface area (TPSA) is 257 Å². The van der Waals surface area contributed by atoms with Gasteiger partial charge in [0.15, 0.2) is 0 Å². The molecule has 0 aromatic heterocycles. The number of nitrogens with zero attached hydrogens (tertiary/aromatic N) is 6. The van der Waals surface area contributed by atoms with E-state index < -0.39 is 22.6 Å². The van der Waals surface area contributed by atoms with Gasteiger partial charge >= 0.3 is 30.0 Å². The fourth-order valence-electron chi connectivity index (χ4n) is 12.1. The Labute approximate surface area is 607 Å². The molecule has 3 unspecified atom stereocenters. The van der Waals surface area contributed by atoms with E-state index in [4.69, 9.17) is 44.6 Å². The van der Waals surface area contributed by atoms with Gasteiger partial charge in [0.2, 0.25) is 23.8 Å². The predicted molar refractivity (Wildman–Crippen MR) is 394 cm³/mol. The number of benzene rings is 6. The van der Waals surface area contributed by atoms with Crippen molar-refractivity contribution in [3.05, 3.63) is 193 Å². The number of aliphatic carboxylic acids is 1. The molecule has 3 aliphatic heterocycles. The number of carbonyl (C=O) groups is 8. The summed E-state index contributed by atoms with van der Waals surface area (Å²) in [7, 11) is 2.72. The first-order valence-corrected chi connectivity index (χ1v) is 34.7. The van der Waals surface area contributed by atoms with E-state index in [0.717, 1.165) is 63.0 Å². The summed E-state index contributed by atoms with van der Waals surface area (Å²) in [6, 6.07) is 38.7. The Kier molecular flexibility index (Phi) is 30.5. The van der Waals surface area contributed by atoms with Gasteiger partial charge in [0, 0.05) is 98.1 Å². The first-order chi connectivity index (χ1) is 47.9. The van der Waals surface area contributed by atoms with E-state index in [1.54, 1.807) is 62.6 Å². The predicted octanol–water partition coefficient (Wildman–Crippen LogP) is 14.4. The minimum atomic E-state index is -0.987. The molecule has 3 fully saturated rings. The molecule has 7 amide bonds. The number of anilines is 2. The average Bonchev–Trinajstić information content (AvgIpc) is 0.761. The monoisotopic (exact) mass is 1440 g/mol. The molecule has 6 aromatic rings. The average molecular weight is 1440 g/mol. The molecule has 540 valence electrons. The number of nitrogens with one attached hydrogen (secondary N) is 3. The maximum absolute atomic E-state index is 13.7. The van der Waals surface area contributed by atoms with E-state index in [1.807, 2.05) is 152 Å². The molecule has 3 aliphatic rings. The molecule has 9 rings (SSSR count). The molecule has 101 heavy (non-hydrogen) atoms. The number of methoxy groups -OCH3 is 2. The summed E-state index contributed by atoms with van der Waals surface area (Å²) in [4.78, 5) is 122. The number of hydrogen-bond donors (Lipinski definition) is 4. The smallest absolute Gasteiger partial charge is 0.322 e. The van der Waals surface area contributed by atoms with E-state index in [9.17, 15) is 43.2 Å². The van der Waals surface area contributed by atoms with Crippen LogP contribution in [0.3, 0.4) is 0 Å². The number of likely N-dealkylation sites (tertiary alicyclic amines) is 2. The molecule has 3 saturated heterocycles. The lowest BCUT2D eigenvalue weighted by atomic mass is 9.85. The SMILES string of the molecule is COC(=O)CCCN(Cc1ccc(Cl)cc1)C(=O)C1(C)CCN1.COC(=O)CCCN(Cc1ccc(Cl)cc1)C(=O)C1(C)CCN1C(=O)Nc1cc(C)cc(C)c1.Cc1cc(C)cc(N=C=O)c1.Cc1cc(C)cc(NC(=O)N2CCC2(C)C(=O)N(CCCC(=O)O)Cc2ccc(Cl)cc2)c1. The highest BCUT2D eigenvalue weighted by molar-refractivity contribution is 6.31. The number of carbonyl (C=O) groups excluding carboxylic acids is 8. The van der Waals surface area contributed by atoms with Gasteiger partial charge in [0.1, 0.15) is 11.1 Å². The van der Waals surface area contributed by atoms with Gasteiger partial charge < -0.3 is 55.0 Å². The second-order valence-electron chi connectivity index (χ2n) is 26.4. The summed E-state index contributed by atoms with van der Waals surface area (Å²) < 4.78 is 9.38. The number of hydrogen-bond acceptors (Lipinski definition) is 13. The molecule has 3 heterocycles. The van der Waals surface area contributed by atoms with Crippen molar-refractivity contribution in [3.8, 4) is 0 Å². The van der Waals surface area contributed by atoms with Crippen molar-refractivity contribution < 1.29 is 57.7 Å². The Bertz CT molecular complexity index is 3860. The van der Waals surface area contributed by atoms with E-state index in [-0.39, 0.29) is 61.1 Å². The van der Waals surface area contributed by atoms with Crippen molar-refractivity contribution in [3.63, 3.8) is 0 Å². The maximum Gasteiger partial charge on any atom is 0.322 e. The van der Waals surface area contributed by atoms with Crippen LogP contribution in [0, 0.1) is 41.5 Å². The lowest BCUT2D eigenvalue weighted by Gasteiger charge is -2.50. The highest BCUT2D eigenvalue weighted by Crippen LogP contribution is 2.36. The van der Waals surface area contributed by atoms with Crippen LogP contribution in [0.1, 0.15) is 129 Å². The summed E-state index contributed by atoms with van der Waals surface area (Å²) in [5.74, 6) is -1.74. The molecule has 0 saturated carbocycles. The van der Waals surface area contributed by atoms with E-state index in [2.05, 4.69) is 25.7 Å². The van der Waals surface area contributed by atoms with Gasteiger partial charge in [-0.15, -0.1) is 0 Å². The fourth-order valence-corrected chi connectivity index (χ4v) is 12.5. The van der Waals surface area contributed by atoms with Crippen LogP contribution >= 0.6 is 34.8 Å². The third kappa shape index (κ3) is 24.3.